The third kappa shape index (κ3) is 4.21. The Hall–Kier alpha value is -2.62. The largest absolute Gasteiger partial charge is 0.385 e. The van der Waals surface area contributed by atoms with Gasteiger partial charge in [-0.25, -0.2) is 0 Å². The van der Waals surface area contributed by atoms with Gasteiger partial charge in [0.05, 0.1) is 0 Å². The van der Waals surface area contributed by atoms with Gasteiger partial charge in [0.1, 0.15) is 5.69 Å². The molecule has 4 heteroatoms. The van der Waals surface area contributed by atoms with Crippen LogP contribution in [0.4, 0.5) is 11.4 Å². The molecule has 0 spiro atoms. The molecule has 1 aromatic heterocycles. The molecule has 0 saturated carbocycles. The molecule has 1 amide bonds. The van der Waals surface area contributed by atoms with E-state index in [0.717, 1.165) is 43.7 Å². The predicted octanol–water partition coefficient (Wildman–Crippen LogP) is 4.98. The number of anilines is 2. The number of benzene rings is 1. The van der Waals surface area contributed by atoms with Gasteiger partial charge in [0.2, 0.25) is 0 Å². The summed E-state index contributed by atoms with van der Waals surface area (Å²) in [5.74, 6) is -0.0132. The van der Waals surface area contributed by atoms with Crippen molar-refractivity contribution in [1.82, 2.24) is 4.98 Å². The van der Waals surface area contributed by atoms with E-state index in [1.165, 1.54) is 31.2 Å². The van der Waals surface area contributed by atoms with Crippen LogP contribution in [0.25, 0.3) is 0 Å². The molecular formula is C23H27N3O. The van der Waals surface area contributed by atoms with Gasteiger partial charge in [-0.15, -0.1) is 0 Å². The lowest BCUT2D eigenvalue weighted by Gasteiger charge is -2.29. The van der Waals surface area contributed by atoms with E-state index in [2.05, 4.69) is 22.4 Å². The van der Waals surface area contributed by atoms with Gasteiger partial charge in [0, 0.05) is 30.7 Å². The van der Waals surface area contributed by atoms with E-state index in [9.17, 15) is 4.79 Å². The molecule has 1 aliphatic heterocycles. The Bertz CT molecular complexity index is 843. The van der Waals surface area contributed by atoms with Crippen molar-refractivity contribution in [1.29, 1.82) is 0 Å². The number of hydrogen-bond acceptors (Lipinski definition) is 3. The topological polar surface area (TPSA) is 45.2 Å². The second-order valence-corrected chi connectivity index (χ2v) is 7.40. The number of nitrogens with zero attached hydrogens (tertiary/aromatic N) is 2. The summed E-state index contributed by atoms with van der Waals surface area (Å²) in [5, 5.41) is 3.46. The summed E-state index contributed by atoms with van der Waals surface area (Å²) in [6.07, 6.45) is 12.3. The first-order chi connectivity index (χ1) is 13.3. The van der Waals surface area contributed by atoms with Crippen molar-refractivity contribution in [2.24, 2.45) is 0 Å². The molecule has 0 bridgehead atoms. The first-order valence-corrected chi connectivity index (χ1v) is 10.1. The van der Waals surface area contributed by atoms with E-state index in [0.29, 0.717) is 5.69 Å². The lowest BCUT2D eigenvalue weighted by molar-refractivity contribution is 0.0980. The average Bonchev–Trinajstić information content (AvgIpc) is 2.74. The molecule has 140 valence electrons. The number of pyridine rings is 1. The number of nitrogens with one attached hydrogen (secondary N) is 1. The quantitative estimate of drug-likeness (QED) is 0.764. The number of rotatable bonds is 5. The number of fused-ring (bicyclic) bond motifs is 1. The molecule has 1 N–H and O–H groups in total. The van der Waals surface area contributed by atoms with E-state index in [4.69, 9.17) is 0 Å². The highest BCUT2D eigenvalue weighted by atomic mass is 16.2. The minimum Gasteiger partial charge on any atom is -0.385 e. The highest BCUT2D eigenvalue weighted by Crippen LogP contribution is 2.28. The fourth-order valence-electron chi connectivity index (χ4n) is 4.04. The van der Waals surface area contributed by atoms with Crippen LogP contribution in [-0.4, -0.2) is 24.0 Å². The van der Waals surface area contributed by atoms with Crippen molar-refractivity contribution < 1.29 is 4.79 Å². The SMILES string of the molecule is O=C(c1cc(NCCC2=CCCCC2)ccn1)N1CCCc2ccccc21. The molecule has 2 aliphatic rings. The van der Waals surface area contributed by atoms with Crippen molar-refractivity contribution in [2.45, 2.75) is 44.9 Å². The molecule has 4 rings (SSSR count). The van der Waals surface area contributed by atoms with Crippen LogP contribution in [0, 0.1) is 0 Å². The number of aromatic nitrogens is 1. The Morgan fingerprint density at radius 2 is 2.04 bits per heavy atom. The molecule has 27 heavy (non-hydrogen) atoms. The molecule has 0 fully saturated rings. The van der Waals surface area contributed by atoms with Crippen molar-refractivity contribution in [3.8, 4) is 0 Å². The molecule has 2 heterocycles. The molecule has 1 aromatic carbocycles. The van der Waals surface area contributed by atoms with Crippen LogP contribution >= 0.6 is 0 Å². The van der Waals surface area contributed by atoms with Gasteiger partial charge in [0.15, 0.2) is 0 Å². The lowest BCUT2D eigenvalue weighted by Crippen LogP contribution is -2.35. The fraction of sp³-hybridized carbons (Fsp3) is 0.391. The van der Waals surface area contributed by atoms with E-state index in [1.807, 2.05) is 35.2 Å². The normalized spacial score (nSPS) is 16.4. The summed E-state index contributed by atoms with van der Waals surface area (Å²) in [6.45, 7) is 1.65. The first kappa shape index (κ1) is 17.8. The summed E-state index contributed by atoms with van der Waals surface area (Å²) in [6, 6.07) is 12.0. The minimum atomic E-state index is -0.0132. The summed E-state index contributed by atoms with van der Waals surface area (Å²) >= 11 is 0. The Morgan fingerprint density at radius 3 is 2.93 bits per heavy atom. The third-order valence-electron chi connectivity index (χ3n) is 5.49. The predicted molar refractivity (Wildman–Crippen MR) is 110 cm³/mol. The summed E-state index contributed by atoms with van der Waals surface area (Å²) in [4.78, 5) is 19.3. The number of hydrogen-bond donors (Lipinski definition) is 1. The summed E-state index contributed by atoms with van der Waals surface area (Å²) < 4.78 is 0. The monoisotopic (exact) mass is 361 g/mol. The molecule has 1 aliphatic carbocycles. The molecule has 0 saturated heterocycles. The number of para-hydroxylation sites is 1. The smallest absolute Gasteiger partial charge is 0.276 e. The molecule has 4 nitrogen and oxygen atoms in total. The molecule has 0 unspecified atom stereocenters. The van der Waals surface area contributed by atoms with Crippen molar-refractivity contribution >= 4 is 17.3 Å². The Morgan fingerprint density at radius 1 is 1.11 bits per heavy atom. The number of allylic oxidation sites excluding steroid dienone is 1. The van der Waals surface area contributed by atoms with Crippen molar-refractivity contribution in [3.05, 3.63) is 65.5 Å². The molecule has 0 radical (unpaired) electrons. The van der Waals surface area contributed by atoms with Gasteiger partial charge < -0.3 is 10.2 Å². The van der Waals surface area contributed by atoms with Crippen molar-refractivity contribution in [3.63, 3.8) is 0 Å². The summed E-state index contributed by atoms with van der Waals surface area (Å²) in [7, 11) is 0. The highest BCUT2D eigenvalue weighted by Gasteiger charge is 2.24. The van der Waals surface area contributed by atoms with Crippen LogP contribution in [0.1, 0.15) is 54.6 Å². The van der Waals surface area contributed by atoms with Crippen LogP contribution in [0.5, 0.6) is 0 Å². The molecule has 0 atom stereocenters. The van der Waals surface area contributed by atoms with Crippen LogP contribution in [0.2, 0.25) is 0 Å². The maximum atomic E-state index is 13.1. The van der Waals surface area contributed by atoms with Crippen LogP contribution in [0.15, 0.2) is 54.2 Å². The Balaban J connectivity index is 1.43. The van der Waals surface area contributed by atoms with Crippen LogP contribution < -0.4 is 10.2 Å². The van der Waals surface area contributed by atoms with E-state index in [-0.39, 0.29) is 5.91 Å². The zero-order valence-electron chi connectivity index (χ0n) is 15.8. The fourth-order valence-corrected chi connectivity index (χ4v) is 4.04. The van der Waals surface area contributed by atoms with Crippen LogP contribution in [0.3, 0.4) is 0 Å². The standard InChI is InChI=1S/C23H27N3O/c27-23(26-16-6-10-19-9-4-5-11-22(19)26)21-17-20(13-15-25-21)24-14-12-18-7-2-1-3-8-18/h4-5,7,9,11,13,15,17H,1-3,6,8,10,12,14,16H2,(H,24,25). The lowest BCUT2D eigenvalue weighted by atomic mass is 9.97. The van der Waals surface area contributed by atoms with E-state index < -0.39 is 0 Å². The van der Waals surface area contributed by atoms with Gasteiger partial charge in [-0.05, 0) is 68.7 Å². The minimum absolute atomic E-state index is 0.0132. The second kappa shape index (κ2) is 8.38. The number of carbonyl (C=O) groups excluding carboxylic acids is 1. The average molecular weight is 361 g/mol. The second-order valence-electron chi connectivity index (χ2n) is 7.40. The molecule has 2 aromatic rings. The Kier molecular flexibility index (Phi) is 5.52. The first-order valence-electron chi connectivity index (χ1n) is 10.1. The van der Waals surface area contributed by atoms with Crippen molar-refractivity contribution in [2.75, 3.05) is 23.3 Å². The Labute approximate surface area is 161 Å². The van der Waals surface area contributed by atoms with E-state index in [1.54, 1.807) is 11.8 Å². The number of amides is 1. The maximum absolute atomic E-state index is 13.1. The van der Waals surface area contributed by atoms with Crippen LogP contribution in [-0.2, 0) is 6.42 Å². The highest BCUT2D eigenvalue weighted by molar-refractivity contribution is 6.05. The molecular weight excluding hydrogens is 334 g/mol. The third-order valence-corrected chi connectivity index (χ3v) is 5.49. The summed E-state index contributed by atoms with van der Waals surface area (Å²) in [5.41, 5.74) is 5.30. The van der Waals surface area contributed by atoms with Gasteiger partial charge in [-0.3, -0.25) is 9.78 Å². The van der Waals surface area contributed by atoms with Gasteiger partial charge >= 0.3 is 0 Å². The zero-order valence-corrected chi connectivity index (χ0v) is 15.8. The van der Waals surface area contributed by atoms with E-state index >= 15 is 0 Å². The number of aryl methyl sites for hydroxylation is 1. The van der Waals surface area contributed by atoms with Gasteiger partial charge in [0.25, 0.3) is 5.91 Å². The zero-order chi connectivity index (χ0) is 18.5. The van der Waals surface area contributed by atoms with Gasteiger partial charge in [-0.1, -0.05) is 29.8 Å². The maximum Gasteiger partial charge on any atom is 0.276 e. The van der Waals surface area contributed by atoms with Gasteiger partial charge in [-0.2, -0.15) is 0 Å². The number of carbonyl (C=O) groups is 1.